The molecular formula is C20H35N5O10S. The molecule has 0 aromatic carbocycles. The summed E-state index contributed by atoms with van der Waals surface area (Å²) in [6.45, 7) is -0.255. The monoisotopic (exact) mass is 537 g/mol. The van der Waals surface area contributed by atoms with Crippen LogP contribution in [0.3, 0.4) is 0 Å². The lowest BCUT2D eigenvalue weighted by molar-refractivity contribution is -0.140. The molecule has 0 heterocycles. The summed E-state index contributed by atoms with van der Waals surface area (Å²) < 4.78 is 4.96. The third-order valence-corrected chi connectivity index (χ3v) is 5.70. The average molecular weight is 538 g/mol. The van der Waals surface area contributed by atoms with Crippen molar-refractivity contribution < 1.29 is 48.8 Å². The van der Waals surface area contributed by atoms with Gasteiger partial charge in [0.25, 0.3) is 0 Å². The van der Waals surface area contributed by atoms with Gasteiger partial charge in [-0.15, -0.1) is 0 Å². The maximum absolute atomic E-state index is 12.2. The highest BCUT2D eigenvalue weighted by molar-refractivity contribution is 7.99. The zero-order valence-electron chi connectivity index (χ0n) is 19.8. The minimum Gasteiger partial charge on any atom is -0.480 e. The molecule has 0 aliphatic rings. The Hall–Kier alpha value is -3.11. The number of carbonyl (C=O) groups excluding carboxylic acids is 3. The molecule has 0 saturated heterocycles. The van der Waals surface area contributed by atoms with Crippen LogP contribution in [0.2, 0.25) is 0 Å². The second-order valence-corrected chi connectivity index (χ2v) is 8.75. The van der Waals surface area contributed by atoms with Gasteiger partial charge in [-0.25, -0.2) is 9.59 Å². The topological polar surface area (TPSA) is 260 Å². The van der Waals surface area contributed by atoms with Gasteiger partial charge in [-0.3, -0.25) is 19.2 Å². The van der Waals surface area contributed by atoms with Crippen LogP contribution >= 0.6 is 11.8 Å². The second kappa shape index (κ2) is 19.1. The molecule has 36 heavy (non-hydrogen) atoms. The predicted octanol–water partition coefficient (Wildman–Crippen LogP) is -1.70. The average Bonchev–Trinajstić information content (AvgIpc) is 2.81. The van der Waals surface area contributed by atoms with Crippen molar-refractivity contribution in [2.45, 2.75) is 56.7 Å². The number of nitrogens with two attached hydrogens (primary N) is 2. The van der Waals surface area contributed by atoms with Crippen molar-refractivity contribution in [3.05, 3.63) is 0 Å². The van der Waals surface area contributed by atoms with Crippen LogP contribution in [0.4, 0.5) is 4.79 Å². The third-order valence-electron chi connectivity index (χ3n) is 4.55. The summed E-state index contributed by atoms with van der Waals surface area (Å²) in [6, 6.07) is -3.41. The number of hydrogen-bond donors (Lipinski definition) is 8. The predicted molar refractivity (Wildman–Crippen MR) is 128 cm³/mol. The molecule has 10 N–H and O–H groups in total. The summed E-state index contributed by atoms with van der Waals surface area (Å²) in [5, 5.41) is 33.5. The number of carboxylic acids is 3. The third kappa shape index (κ3) is 16.5. The molecule has 15 nitrogen and oxygen atoms in total. The largest absolute Gasteiger partial charge is 0.480 e. The van der Waals surface area contributed by atoms with Crippen LogP contribution in [-0.4, -0.2) is 100 Å². The Morgan fingerprint density at radius 1 is 0.889 bits per heavy atom. The van der Waals surface area contributed by atoms with Crippen LogP contribution in [-0.2, 0) is 28.7 Å². The maximum Gasteiger partial charge on any atom is 0.407 e. The van der Waals surface area contributed by atoms with E-state index in [9.17, 15) is 28.8 Å². The van der Waals surface area contributed by atoms with Gasteiger partial charge in [0.2, 0.25) is 11.8 Å². The van der Waals surface area contributed by atoms with Gasteiger partial charge >= 0.3 is 24.0 Å². The molecule has 3 atom stereocenters. The van der Waals surface area contributed by atoms with Gasteiger partial charge in [-0.2, -0.15) is 11.8 Å². The molecule has 0 radical (unpaired) electrons. The molecular weight excluding hydrogens is 502 g/mol. The number of hydrogen-bond acceptors (Lipinski definition) is 10. The SMILES string of the molecule is NCCCC[C@H](NC(=O)OCCCSC[C@H](NC(=O)CC[C@H](N)C(=O)O)C(=O)NCC(=O)O)C(=O)O. The molecule has 0 unspecified atom stereocenters. The first-order valence-electron chi connectivity index (χ1n) is 11.2. The number of carboxylic acid groups (broad SMARTS) is 3. The Morgan fingerprint density at radius 2 is 1.58 bits per heavy atom. The number of amides is 3. The van der Waals surface area contributed by atoms with E-state index in [1.807, 2.05) is 0 Å². The van der Waals surface area contributed by atoms with E-state index in [1.54, 1.807) is 0 Å². The standard InChI is InChI=1S/C20H35N5O10S/c21-7-2-1-4-13(19(32)33)25-20(34)35-8-3-9-36-11-14(17(29)23-10-16(27)28)24-15(26)6-5-12(22)18(30)31/h12-14H,1-11,21-22H2,(H,23,29)(H,24,26)(H,25,34)(H,27,28)(H,30,31)(H,32,33)/t12-,13-,14-/m0/s1. The number of carbonyl (C=O) groups is 6. The fourth-order valence-corrected chi connectivity index (χ4v) is 3.57. The quantitative estimate of drug-likeness (QED) is 0.0806. The summed E-state index contributed by atoms with van der Waals surface area (Å²) in [4.78, 5) is 68.7. The van der Waals surface area contributed by atoms with Crippen molar-refractivity contribution in [1.82, 2.24) is 16.0 Å². The van der Waals surface area contributed by atoms with Gasteiger partial charge in [-0.05, 0) is 44.4 Å². The van der Waals surface area contributed by atoms with Gasteiger partial charge in [0.1, 0.15) is 24.7 Å². The highest BCUT2D eigenvalue weighted by atomic mass is 32.2. The molecule has 0 aliphatic carbocycles. The van der Waals surface area contributed by atoms with Crippen LogP contribution in [0, 0.1) is 0 Å². The van der Waals surface area contributed by atoms with Crippen molar-refractivity contribution in [3.8, 4) is 0 Å². The van der Waals surface area contributed by atoms with Gasteiger partial charge in [0.15, 0.2) is 0 Å². The second-order valence-electron chi connectivity index (χ2n) is 7.60. The van der Waals surface area contributed by atoms with Gasteiger partial charge in [-0.1, -0.05) is 0 Å². The molecule has 206 valence electrons. The van der Waals surface area contributed by atoms with E-state index >= 15 is 0 Å². The van der Waals surface area contributed by atoms with Crippen LogP contribution in [0.15, 0.2) is 0 Å². The Bertz CT molecular complexity index is 754. The Labute approximate surface area is 212 Å². The summed E-state index contributed by atoms with van der Waals surface area (Å²) in [6.07, 6.45) is 0.473. The molecule has 0 rings (SSSR count). The van der Waals surface area contributed by atoms with Gasteiger partial charge < -0.3 is 47.5 Å². The van der Waals surface area contributed by atoms with E-state index < -0.39 is 60.5 Å². The van der Waals surface area contributed by atoms with E-state index in [4.69, 9.17) is 31.5 Å². The minimum absolute atomic E-state index is 0.0245. The molecule has 3 amide bonds. The number of aliphatic carboxylic acids is 3. The zero-order valence-corrected chi connectivity index (χ0v) is 20.6. The number of unbranched alkanes of at least 4 members (excludes halogenated alkanes) is 1. The highest BCUT2D eigenvalue weighted by Crippen LogP contribution is 2.07. The number of thioether (sulfide) groups is 1. The fraction of sp³-hybridized carbons (Fsp3) is 0.700. The lowest BCUT2D eigenvalue weighted by atomic mass is 10.1. The molecule has 0 aliphatic heterocycles. The van der Waals surface area contributed by atoms with Gasteiger partial charge in [0.05, 0.1) is 6.61 Å². The Balaban J connectivity index is 4.50. The minimum atomic E-state index is -1.27. The highest BCUT2D eigenvalue weighted by Gasteiger charge is 2.23. The summed E-state index contributed by atoms with van der Waals surface area (Å²) in [5.41, 5.74) is 10.7. The Kier molecular flexibility index (Phi) is 17.5. The zero-order chi connectivity index (χ0) is 27.5. The summed E-state index contributed by atoms with van der Waals surface area (Å²) in [5.74, 6) is -4.61. The van der Waals surface area contributed by atoms with Crippen molar-refractivity contribution in [2.24, 2.45) is 11.5 Å². The smallest absolute Gasteiger partial charge is 0.407 e. The first-order valence-corrected chi connectivity index (χ1v) is 12.3. The van der Waals surface area contributed by atoms with E-state index in [0.29, 0.717) is 31.6 Å². The molecule has 0 spiro atoms. The first-order chi connectivity index (χ1) is 17.0. The van der Waals surface area contributed by atoms with E-state index in [-0.39, 0.29) is 31.6 Å². The van der Waals surface area contributed by atoms with Crippen molar-refractivity contribution in [1.29, 1.82) is 0 Å². The van der Waals surface area contributed by atoms with Crippen LogP contribution in [0.5, 0.6) is 0 Å². The van der Waals surface area contributed by atoms with Crippen LogP contribution < -0.4 is 27.4 Å². The molecule has 0 fully saturated rings. The van der Waals surface area contributed by atoms with Crippen molar-refractivity contribution in [3.63, 3.8) is 0 Å². The summed E-state index contributed by atoms with van der Waals surface area (Å²) in [7, 11) is 0. The number of alkyl carbamates (subject to hydrolysis) is 1. The molecule has 0 saturated carbocycles. The van der Waals surface area contributed by atoms with E-state index in [1.165, 1.54) is 11.8 Å². The number of nitrogens with one attached hydrogen (secondary N) is 3. The van der Waals surface area contributed by atoms with Crippen LogP contribution in [0.25, 0.3) is 0 Å². The van der Waals surface area contributed by atoms with Crippen molar-refractivity contribution >= 4 is 47.6 Å². The molecule has 16 heteroatoms. The normalized spacial score (nSPS) is 13.1. The number of rotatable bonds is 20. The maximum atomic E-state index is 12.2. The van der Waals surface area contributed by atoms with Gasteiger partial charge in [0, 0.05) is 12.2 Å². The van der Waals surface area contributed by atoms with Crippen molar-refractivity contribution in [2.75, 3.05) is 31.2 Å². The molecule has 0 aromatic heterocycles. The van der Waals surface area contributed by atoms with E-state index in [2.05, 4.69) is 16.0 Å². The summed E-state index contributed by atoms with van der Waals surface area (Å²) >= 11 is 1.22. The lowest BCUT2D eigenvalue weighted by Gasteiger charge is -2.18. The molecule has 0 aromatic rings. The lowest BCUT2D eigenvalue weighted by Crippen LogP contribution is -2.49. The molecule has 0 bridgehead atoms. The van der Waals surface area contributed by atoms with Crippen LogP contribution in [0.1, 0.15) is 38.5 Å². The first kappa shape index (κ1) is 32.9. The Morgan fingerprint density at radius 3 is 2.17 bits per heavy atom. The fourth-order valence-electron chi connectivity index (χ4n) is 2.61. The number of ether oxygens (including phenoxy) is 1. The van der Waals surface area contributed by atoms with E-state index in [0.717, 1.165) is 0 Å².